The van der Waals surface area contributed by atoms with Gasteiger partial charge in [0.05, 0.1) is 23.5 Å². The second-order valence-corrected chi connectivity index (χ2v) is 8.94. The zero-order chi connectivity index (χ0) is 23.2. The molecule has 1 amide bonds. The molecule has 2 aliphatic heterocycles. The topological polar surface area (TPSA) is 57.7 Å². The number of nitrogens with zero attached hydrogens (tertiary/aromatic N) is 3. The second kappa shape index (κ2) is 11.1. The molecule has 2 atom stereocenters. The first-order chi connectivity index (χ1) is 16.1. The molecule has 0 radical (unpaired) electrons. The molecule has 2 fully saturated rings. The molecule has 3 heterocycles. The average Bonchev–Trinajstić information content (AvgIpc) is 3.36. The van der Waals surface area contributed by atoms with Crippen LogP contribution < -0.4 is 10.2 Å². The minimum Gasteiger partial charge on any atom is -0.376 e. The highest BCUT2D eigenvalue weighted by Gasteiger charge is 2.35. The summed E-state index contributed by atoms with van der Waals surface area (Å²) in [6.07, 6.45) is 5.67. The van der Waals surface area contributed by atoms with Crippen molar-refractivity contribution in [2.45, 2.75) is 51.7 Å². The normalized spacial score (nSPS) is 20.2. The van der Waals surface area contributed by atoms with E-state index in [1.54, 1.807) is 12.1 Å². The maximum absolute atomic E-state index is 15.0. The fourth-order valence-corrected chi connectivity index (χ4v) is 5.00. The van der Waals surface area contributed by atoms with Crippen LogP contribution in [-0.2, 0) is 9.53 Å². The Kier molecular flexibility index (Phi) is 7.93. The predicted molar refractivity (Wildman–Crippen MR) is 129 cm³/mol. The highest BCUT2D eigenvalue weighted by Crippen LogP contribution is 2.33. The molecular weight excluding hydrogens is 419 g/mol. The molecule has 2 saturated heterocycles. The number of rotatable bonds is 8. The van der Waals surface area contributed by atoms with Gasteiger partial charge in [0.15, 0.2) is 0 Å². The number of halogens is 1. The van der Waals surface area contributed by atoms with Gasteiger partial charge >= 0.3 is 0 Å². The Balaban J connectivity index is 1.41. The van der Waals surface area contributed by atoms with E-state index in [1.165, 1.54) is 6.07 Å². The van der Waals surface area contributed by atoms with E-state index in [4.69, 9.17) is 4.74 Å². The lowest BCUT2D eigenvalue weighted by molar-refractivity contribution is -0.120. The lowest BCUT2D eigenvalue weighted by Crippen LogP contribution is -2.50. The monoisotopic (exact) mass is 454 g/mol. The third-order valence-corrected chi connectivity index (χ3v) is 6.93. The summed E-state index contributed by atoms with van der Waals surface area (Å²) in [6.45, 7) is 7.88. The van der Waals surface area contributed by atoms with Crippen molar-refractivity contribution >= 4 is 17.3 Å². The molecule has 0 spiro atoms. The first-order valence-corrected chi connectivity index (χ1v) is 12.2. The number of pyridine rings is 1. The van der Waals surface area contributed by atoms with Crippen LogP contribution in [0.3, 0.4) is 0 Å². The van der Waals surface area contributed by atoms with Crippen LogP contribution in [-0.4, -0.2) is 54.7 Å². The van der Waals surface area contributed by atoms with Crippen LogP contribution in [0.15, 0.2) is 42.6 Å². The zero-order valence-electron chi connectivity index (χ0n) is 19.7. The van der Waals surface area contributed by atoms with Gasteiger partial charge in [-0.05, 0) is 56.0 Å². The van der Waals surface area contributed by atoms with E-state index < -0.39 is 0 Å². The van der Waals surface area contributed by atoms with Gasteiger partial charge in [0.2, 0.25) is 5.91 Å². The SMILES string of the molecule is CCC(CC)C(=O)Nc1ccc(N2CCN([C@H](c3ccccn3)C3CCCO3)CC2)c(F)c1. The lowest BCUT2D eigenvalue weighted by Gasteiger charge is -2.41. The second-order valence-electron chi connectivity index (χ2n) is 8.94. The quantitative estimate of drug-likeness (QED) is 0.630. The van der Waals surface area contributed by atoms with E-state index in [2.05, 4.69) is 26.2 Å². The Hall–Kier alpha value is -2.51. The Morgan fingerprint density at radius 1 is 1.18 bits per heavy atom. The number of anilines is 2. The van der Waals surface area contributed by atoms with Crippen molar-refractivity contribution in [3.8, 4) is 0 Å². The van der Waals surface area contributed by atoms with Gasteiger partial charge in [0.25, 0.3) is 0 Å². The smallest absolute Gasteiger partial charge is 0.227 e. The van der Waals surface area contributed by atoms with Crippen molar-refractivity contribution < 1.29 is 13.9 Å². The molecule has 178 valence electrons. The number of carbonyl (C=O) groups excluding carboxylic acids is 1. The molecule has 1 aromatic carbocycles. The summed E-state index contributed by atoms with van der Waals surface area (Å²) in [5.74, 6) is -0.390. The van der Waals surface area contributed by atoms with Gasteiger partial charge in [-0.2, -0.15) is 0 Å². The number of benzene rings is 1. The third kappa shape index (κ3) is 5.53. The Morgan fingerprint density at radius 2 is 1.97 bits per heavy atom. The van der Waals surface area contributed by atoms with Crippen molar-refractivity contribution in [1.82, 2.24) is 9.88 Å². The molecule has 1 aromatic heterocycles. The summed E-state index contributed by atoms with van der Waals surface area (Å²) < 4.78 is 21.0. The lowest BCUT2D eigenvalue weighted by atomic mass is 10.0. The van der Waals surface area contributed by atoms with Crippen LogP contribution in [0.2, 0.25) is 0 Å². The Morgan fingerprint density at radius 3 is 2.58 bits per heavy atom. The fraction of sp³-hybridized carbons (Fsp3) is 0.538. The molecule has 1 N–H and O–H groups in total. The van der Waals surface area contributed by atoms with Gasteiger partial charge in [0.1, 0.15) is 5.82 Å². The van der Waals surface area contributed by atoms with Crippen LogP contribution in [0, 0.1) is 11.7 Å². The molecule has 33 heavy (non-hydrogen) atoms. The first kappa shape index (κ1) is 23.6. The van der Waals surface area contributed by atoms with E-state index >= 15 is 0 Å². The average molecular weight is 455 g/mol. The summed E-state index contributed by atoms with van der Waals surface area (Å²) >= 11 is 0. The van der Waals surface area contributed by atoms with Crippen molar-refractivity contribution in [3.63, 3.8) is 0 Å². The van der Waals surface area contributed by atoms with E-state index in [-0.39, 0.29) is 29.8 Å². The van der Waals surface area contributed by atoms with E-state index in [1.807, 2.05) is 32.2 Å². The number of hydrogen-bond acceptors (Lipinski definition) is 5. The summed E-state index contributed by atoms with van der Waals surface area (Å²) in [7, 11) is 0. The van der Waals surface area contributed by atoms with Crippen molar-refractivity contribution in [1.29, 1.82) is 0 Å². The Bertz CT molecular complexity index is 908. The number of ether oxygens (including phenoxy) is 1. The highest BCUT2D eigenvalue weighted by molar-refractivity contribution is 5.92. The van der Waals surface area contributed by atoms with Crippen LogP contribution in [0.5, 0.6) is 0 Å². The molecule has 0 saturated carbocycles. The van der Waals surface area contributed by atoms with Crippen LogP contribution in [0.4, 0.5) is 15.8 Å². The summed E-state index contributed by atoms with van der Waals surface area (Å²) in [4.78, 5) is 21.5. The van der Waals surface area contributed by atoms with E-state index in [9.17, 15) is 9.18 Å². The third-order valence-electron chi connectivity index (χ3n) is 6.93. The minimum absolute atomic E-state index is 0.0447. The van der Waals surface area contributed by atoms with Gasteiger partial charge in [-0.25, -0.2) is 4.39 Å². The number of piperazine rings is 1. The molecular formula is C26H35FN4O2. The molecule has 4 rings (SSSR count). The van der Waals surface area contributed by atoms with Crippen LogP contribution >= 0.6 is 0 Å². The molecule has 0 bridgehead atoms. The molecule has 2 aromatic rings. The molecule has 1 unspecified atom stereocenters. The van der Waals surface area contributed by atoms with Crippen molar-refractivity contribution in [2.75, 3.05) is 43.0 Å². The van der Waals surface area contributed by atoms with Gasteiger partial charge in [0, 0.05) is 50.6 Å². The summed E-state index contributed by atoms with van der Waals surface area (Å²) in [5, 5.41) is 2.86. The number of carbonyl (C=O) groups is 1. The number of amides is 1. The fourth-order valence-electron chi connectivity index (χ4n) is 5.00. The minimum atomic E-state index is -0.300. The predicted octanol–water partition coefficient (Wildman–Crippen LogP) is 4.64. The van der Waals surface area contributed by atoms with Crippen molar-refractivity contribution in [2.24, 2.45) is 5.92 Å². The summed E-state index contributed by atoms with van der Waals surface area (Å²) in [5.41, 5.74) is 2.14. The molecule has 0 aliphatic carbocycles. The maximum atomic E-state index is 15.0. The molecule has 2 aliphatic rings. The van der Waals surface area contributed by atoms with Gasteiger partial charge in [-0.3, -0.25) is 14.7 Å². The van der Waals surface area contributed by atoms with E-state index in [0.29, 0.717) is 11.4 Å². The van der Waals surface area contributed by atoms with Crippen LogP contribution in [0.1, 0.15) is 51.3 Å². The first-order valence-electron chi connectivity index (χ1n) is 12.2. The van der Waals surface area contributed by atoms with Gasteiger partial charge in [-0.15, -0.1) is 0 Å². The summed E-state index contributed by atoms with van der Waals surface area (Å²) in [6, 6.07) is 11.2. The van der Waals surface area contributed by atoms with Gasteiger partial charge in [-0.1, -0.05) is 19.9 Å². The number of aromatic nitrogens is 1. The van der Waals surface area contributed by atoms with Gasteiger partial charge < -0.3 is 15.0 Å². The zero-order valence-corrected chi connectivity index (χ0v) is 19.7. The Labute approximate surface area is 196 Å². The number of nitrogens with one attached hydrogen (secondary N) is 1. The van der Waals surface area contributed by atoms with E-state index in [0.717, 1.165) is 64.2 Å². The largest absolute Gasteiger partial charge is 0.376 e. The number of hydrogen-bond donors (Lipinski definition) is 1. The van der Waals surface area contributed by atoms with Crippen molar-refractivity contribution in [3.05, 3.63) is 54.1 Å². The molecule has 7 heteroatoms. The maximum Gasteiger partial charge on any atom is 0.227 e. The molecule has 6 nitrogen and oxygen atoms in total. The highest BCUT2D eigenvalue weighted by atomic mass is 19.1. The van der Waals surface area contributed by atoms with Crippen LogP contribution in [0.25, 0.3) is 0 Å². The standard InChI is InChI=1S/C26H35FN4O2/c1-3-19(4-2)26(32)29-20-10-11-23(21(27)18-20)30-13-15-31(16-14-30)25(24-9-7-17-33-24)22-8-5-6-12-28-22/h5-6,8,10-12,18-19,24-25H,3-4,7,9,13-17H2,1-2H3,(H,29,32)/t24?,25-/m1/s1.